The number of anilines is 1. The molecule has 0 spiro atoms. The van der Waals surface area contributed by atoms with Gasteiger partial charge in [0.1, 0.15) is 5.60 Å². The van der Waals surface area contributed by atoms with Crippen LogP contribution in [0.2, 0.25) is 0 Å². The van der Waals surface area contributed by atoms with Crippen LogP contribution in [0, 0.1) is 0 Å². The van der Waals surface area contributed by atoms with E-state index in [1.807, 2.05) is 0 Å². The van der Waals surface area contributed by atoms with Gasteiger partial charge in [-0.2, -0.15) is 9.78 Å². The van der Waals surface area contributed by atoms with Crippen molar-refractivity contribution in [2.45, 2.75) is 26.4 Å². The van der Waals surface area contributed by atoms with E-state index >= 15 is 0 Å². The molecular weight excluding hydrogens is 246 g/mol. The maximum absolute atomic E-state index is 12.0. The Hall–Kier alpha value is -2.37. The van der Waals surface area contributed by atoms with Crippen molar-refractivity contribution in [2.75, 3.05) is 5.32 Å². The highest BCUT2D eigenvalue weighted by atomic mass is 16.6. The lowest BCUT2D eigenvalue weighted by molar-refractivity contribution is -0.105. The molecule has 1 amide bonds. The van der Waals surface area contributed by atoms with Gasteiger partial charge in [-0.05, 0) is 39.0 Å². The topological polar surface area (TPSA) is 73.2 Å². The van der Waals surface area contributed by atoms with Crippen LogP contribution in [-0.4, -0.2) is 27.9 Å². The van der Waals surface area contributed by atoms with Crippen molar-refractivity contribution in [2.24, 2.45) is 0 Å². The second kappa shape index (κ2) is 4.72. The molecule has 0 saturated carbocycles. The molecule has 0 aliphatic carbocycles. The van der Waals surface area contributed by atoms with Gasteiger partial charge >= 0.3 is 6.09 Å². The van der Waals surface area contributed by atoms with Crippen LogP contribution < -0.4 is 5.32 Å². The molecule has 1 heterocycles. The van der Waals surface area contributed by atoms with Crippen molar-refractivity contribution in [3.8, 4) is 0 Å². The summed E-state index contributed by atoms with van der Waals surface area (Å²) in [5.74, 6) is 0. The molecule has 0 saturated heterocycles. The van der Waals surface area contributed by atoms with E-state index in [0.29, 0.717) is 17.6 Å². The number of nitrogens with zero attached hydrogens (tertiary/aromatic N) is 2. The number of ether oxygens (including phenoxy) is 1. The van der Waals surface area contributed by atoms with Gasteiger partial charge in [-0.15, -0.1) is 0 Å². The highest BCUT2D eigenvalue weighted by molar-refractivity contribution is 5.91. The lowest BCUT2D eigenvalue weighted by Crippen LogP contribution is -2.27. The Morgan fingerprint density at radius 3 is 2.79 bits per heavy atom. The third-order valence-electron chi connectivity index (χ3n) is 2.36. The number of rotatable bonds is 2. The molecule has 6 nitrogen and oxygen atoms in total. The molecule has 1 aromatic carbocycles. The van der Waals surface area contributed by atoms with E-state index in [2.05, 4.69) is 10.4 Å². The normalized spacial score (nSPS) is 11.3. The SMILES string of the molecule is CC(C)(C)OC(=O)n1ncc2ccc(NC=O)cc21. The van der Waals surface area contributed by atoms with Gasteiger partial charge in [-0.25, -0.2) is 4.79 Å². The van der Waals surface area contributed by atoms with Gasteiger partial charge in [0.15, 0.2) is 0 Å². The molecule has 0 fully saturated rings. The van der Waals surface area contributed by atoms with Crippen LogP contribution in [0.5, 0.6) is 0 Å². The number of amides is 1. The van der Waals surface area contributed by atoms with Gasteiger partial charge in [-0.3, -0.25) is 4.79 Å². The van der Waals surface area contributed by atoms with E-state index in [9.17, 15) is 9.59 Å². The second-order valence-corrected chi connectivity index (χ2v) is 5.07. The summed E-state index contributed by atoms with van der Waals surface area (Å²) in [4.78, 5) is 22.4. The van der Waals surface area contributed by atoms with Crippen molar-refractivity contribution < 1.29 is 14.3 Å². The van der Waals surface area contributed by atoms with Gasteiger partial charge in [0, 0.05) is 11.1 Å². The number of carbonyl (C=O) groups excluding carboxylic acids is 2. The first-order valence-electron chi connectivity index (χ1n) is 5.82. The molecule has 0 aliphatic heterocycles. The van der Waals surface area contributed by atoms with E-state index in [1.54, 1.807) is 45.2 Å². The van der Waals surface area contributed by atoms with E-state index in [0.717, 1.165) is 5.39 Å². The van der Waals surface area contributed by atoms with Crippen LogP contribution in [0.25, 0.3) is 10.9 Å². The van der Waals surface area contributed by atoms with E-state index in [-0.39, 0.29) is 0 Å². The Morgan fingerprint density at radius 2 is 2.16 bits per heavy atom. The van der Waals surface area contributed by atoms with Crippen LogP contribution >= 0.6 is 0 Å². The Balaban J connectivity index is 2.40. The van der Waals surface area contributed by atoms with Crippen LogP contribution in [0.1, 0.15) is 20.8 Å². The van der Waals surface area contributed by atoms with Gasteiger partial charge in [0.05, 0.1) is 11.7 Å². The van der Waals surface area contributed by atoms with Gasteiger partial charge < -0.3 is 10.1 Å². The standard InChI is InChI=1S/C13H15N3O3/c1-13(2,3)19-12(18)16-11-6-10(14-8-17)5-4-9(11)7-15-16/h4-8H,1-3H3,(H,14,17). The van der Waals surface area contributed by atoms with Crippen molar-refractivity contribution >= 4 is 29.1 Å². The molecule has 6 heteroatoms. The molecule has 0 aliphatic rings. The maximum atomic E-state index is 12.0. The number of fused-ring (bicyclic) bond motifs is 1. The molecule has 0 bridgehead atoms. The number of hydrogen-bond donors (Lipinski definition) is 1. The minimum Gasteiger partial charge on any atom is -0.442 e. The Labute approximate surface area is 110 Å². The molecule has 0 radical (unpaired) electrons. The van der Waals surface area contributed by atoms with Crippen molar-refractivity contribution in [3.63, 3.8) is 0 Å². The highest BCUT2D eigenvalue weighted by Crippen LogP contribution is 2.20. The summed E-state index contributed by atoms with van der Waals surface area (Å²) in [6, 6.07) is 5.17. The highest BCUT2D eigenvalue weighted by Gasteiger charge is 2.20. The summed E-state index contributed by atoms with van der Waals surface area (Å²) >= 11 is 0. The van der Waals surface area contributed by atoms with Gasteiger partial charge in [0.25, 0.3) is 0 Å². The minimum atomic E-state index is -0.589. The third-order valence-corrected chi connectivity index (χ3v) is 2.36. The van der Waals surface area contributed by atoms with Crippen molar-refractivity contribution in [1.29, 1.82) is 0 Å². The molecule has 1 N–H and O–H groups in total. The molecule has 2 rings (SSSR count). The summed E-state index contributed by atoms with van der Waals surface area (Å²) in [6.45, 7) is 5.36. The van der Waals surface area contributed by atoms with Crippen molar-refractivity contribution in [3.05, 3.63) is 24.4 Å². The Bertz CT molecular complexity index is 626. The first-order valence-corrected chi connectivity index (χ1v) is 5.82. The third kappa shape index (κ3) is 2.90. The molecule has 0 atom stereocenters. The summed E-state index contributed by atoms with van der Waals surface area (Å²) in [6.07, 6.45) is 1.60. The Kier molecular flexibility index (Phi) is 3.25. The lowest BCUT2D eigenvalue weighted by Gasteiger charge is -2.19. The molecule has 19 heavy (non-hydrogen) atoms. The summed E-state index contributed by atoms with van der Waals surface area (Å²) in [5, 5.41) is 7.33. The van der Waals surface area contributed by atoms with Gasteiger partial charge in [-0.1, -0.05) is 0 Å². The molecular formula is C13H15N3O3. The van der Waals surface area contributed by atoms with Crippen LogP contribution in [0.15, 0.2) is 24.4 Å². The monoisotopic (exact) mass is 261 g/mol. The molecule has 0 unspecified atom stereocenters. The van der Waals surface area contributed by atoms with Crippen molar-refractivity contribution in [1.82, 2.24) is 9.78 Å². The fourth-order valence-corrected chi connectivity index (χ4v) is 1.63. The minimum absolute atomic E-state index is 0.550. The number of nitrogens with one attached hydrogen (secondary N) is 1. The first kappa shape index (κ1) is 13.1. The lowest BCUT2D eigenvalue weighted by atomic mass is 10.2. The van der Waals surface area contributed by atoms with E-state index in [4.69, 9.17) is 4.74 Å². The number of aromatic nitrogens is 2. The fraction of sp³-hybridized carbons (Fsp3) is 0.308. The maximum Gasteiger partial charge on any atom is 0.435 e. The number of carbonyl (C=O) groups is 2. The Morgan fingerprint density at radius 1 is 1.42 bits per heavy atom. The zero-order valence-corrected chi connectivity index (χ0v) is 11.0. The summed E-state index contributed by atoms with van der Waals surface area (Å²) in [5.41, 5.74) is 0.586. The molecule has 2 aromatic rings. The number of hydrogen-bond acceptors (Lipinski definition) is 4. The zero-order chi connectivity index (χ0) is 14.0. The summed E-state index contributed by atoms with van der Waals surface area (Å²) < 4.78 is 6.44. The smallest absolute Gasteiger partial charge is 0.435 e. The van der Waals surface area contributed by atoms with E-state index < -0.39 is 11.7 Å². The second-order valence-electron chi connectivity index (χ2n) is 5.07. The molecule has 100 valence electrons. The molecule has 1 aromatic heterocycles. The van der Waals surface area contributed by atoms with Crippen LogP contribution in [0.4, 0.5) is 10.5 Å². The van der Waals surface area contributed by atoms with Crippen LogP contribution in [0.3, 0.4) is 0 Å². The average molecular weight is 261 g/mol. The zero-order valence-electron chi connectivity index (χ0n) is 11.0. The van der Waals surface area contributed by atoms with Gasteiger partial charge in [0.2, 0.25) is 6.41 Å². The predicted octanol–water partition coefficient (Wildman–Crippen LogP) is 2.39. The fourth-order valence-electron chi connectivity index (χ4n) is 1.63. The predicted molar refractivity (Wildman–Crippen MR) is 71.1 cm³/mol. The summed E-state index contributed by atoms with van der Waals surface area (Å²) in [7, 11) is 0. The van der Waals surface area contributed by atoms with Crippen LogP contribution in [-0.2, 0) is 9.53 Å². The number of benzene rings is 1. The largest absolute Gasteiger partial charge is 0.442 e. The van der Waals surface area contributed by atoms with E-state index in [1.165, 1.54) is 4.68 Å². The average Bonchev–Trinajstić information content (AvgIpc) is 2.70. The quantitative estimate of drug-likeness (QED) is 0.842. The first-order chi connectivity index (χ1) is 8.90.